The van der Waals surface area contributed by atoms with E-state index in [1.54, 1.807) is 24.3 Å². The van der Waals surface area contributed by atoms with Crippen LogP contribution in [0.2, 0.25) is 5.02 Å². The van der Waals surface area contributed by atoms with Crippen molar-refractivity contribution in [1.82, 2.24) is 5.32 Å². The number of rotatable bonds is 5. The maximum Gasteiger partial charge on any atom is 0.243 e. The van der Waals surface area contributed by atoms with Crippen molar-refractivity contribution in [3.63, 3.8) is 0 Å². The van der Waals surface area contributed by atoms with Crippen LogP contribution in [0.3, 0.4) is 0 Å². The number of anilines is 2. The molecule has 0 aromatic heterocycles. The first-order valence-corrected chi connectivity index (χ1v) is 8.91. The van der Waals surface area contributed by atoms with Gasteiger partial charge in [0.15, 0.2) is 17.5 Å². The van der Waals surface area contributed by atoms with Gasteiger partial charge < -0.3 is 15.5 Å². The van der Waals surface area contributed by atoms with Gasteiger partial charge in [0.05, 0.1) is 18.2 Å². The fourth-order valence-electron chi connectivity index (χ4n) is 2.91. The maximum absolute atomic E-state index is 13.6. The first-order chi connectivity index (χ1) is 13.8. The second kappa shape index (κ2) is 8.52. The van der Waals surface area contributed by atoms with E-state index in [0.29, 0.717) is 16.8 Å². The molecule has 0 spiro atoms. The van der Waals surface area contributed by atoms with Gasteiger partial charge in [0, 0.05) is 23.7 Å². The lowest BCUT2D eigenvalue weighted by Gasteiger charge is -2.17. The number of nitrogens with one attached hydrogen (secondary N) is 2. The molecule has 1 aliphatic rings. The lowest BCUT2D eigenvalue weighted by molar-refractivity contribution is -0.127. The van der Waals surface area contributed by atoms with Gasteiger partial charge in [-0.1, -0.05) is 17.7 Å². The Bertz CT molecular complexity index is 986. The monoisotopic (exact) mass is 425 g/mol. The van der Waals surface area contributed by atoms with E-state index in [4.69, 9.17) is 11.6 Å². The predicted molar refractivity (Wildman–Crippen MR) is 99.9 cm³/mol. The first-order valence-electron chi connectivity index (χ1n) is 8.53. The number of hydrogen-bond acceptors (Lipinski definition) is 3. The van der Waals surface area contributed by atoms with Gasteiger partial charge in [-0.3, -0.25) is 14.4 Å². The quantitative estimate of drug-likeness (QED) is 0.723. The van der Waals surface area contributed by atoms with E-state index in [0.717, 1.165) is 6.07 Å². The zero-order valence-corrected chi connectivity index (χ0v) is 15.6. The highest BCUT2D eigenvalue weighted by atomic mass is 35.5. The third-order valence-corrected chi connectivity index (χ3v) is 4.58. The predicted octanol–water partition coefficient (Wildman–Crippen LogP) is 2.87. The molecule has 2 aromatic rings. The summed E-state index contributed by atoms with van der Waals surface area (Å²) in [5.74, 6) is -6.96. The summed E-state index contributed by atoms with van der Waals surface area (Å²) in [6.45, 7) is -0.413. The van der Waals surface area contributed by atoms with Crippen molar-refractivity contribution in [2.75, 3.05) is 23.3 Å². The van der Waals surface area contributed by atoms with Crippen LogP contribution in [0.1, 0.15) is 6.42 Å². The van der Waals surface area contributed by atoms with Crippen LogP contribution < -0.4 is 15.5 Å². The molecule has 0 radical (unpaired) electrons. The molecule has 1 aliphatic heterocycles. The Morgan fingerprint density at radius 1 is 1.14 bits per heavy atom. The van der Waals surface area contributed by atoms with Gasteiger partial charge in [-0.25, -0.2) is 13.2 Å². The number of hydrogen-bond donors (Lipinski definition) is 2. The summed E-state index contributed by atoms with van der Waals surface area (Å²) in [4.78, 5) is 37.8. The molecule has 3 amide bonds. The summed E-state index contributed by atoms with van der Waals surface area (Å²) in [7, 11) is 0. The molecule has 2 N–H and O–H groups in total. The van der Waals surface area contributed by atoms with Gasteiger partial charge in [0.1, 0.15) is 0 Å². The van der Waals surface area contributed by atoms with Crippen LogP contribution in [0.15, 0.2) is 36.4 Å². The van der Waals surface area contributed by atoms with Crippen LogP contribution in [-0.4, -0.2) is 30.8 Å². The first kappa shape index (κ1) is 20.7. The highest BCUT2D eigenvalue weighted by Crippen LogP contribution is 2.27. The topological polar surface area (TPSA) is 78.5 Å². The summed E-state index contributed by atoms with van der Waals surface area (Å²) < 4.78 is 39.7. The third-order valence-electron chi connectivity index (χ3n) is 4.35. The molecule has 2 aromatic carbocycles. The van der Waals surface area contributed by atoms with Gasteiger partial charge in [0.2, 0.25) is 17.7 Å². The Labute approximate surface area is 168 Å². The molecule has 1 atom stereocenters. The summed E-state index contributed by atoms with van der Waals surface area (Å²) in [5.41, 5.74) is 0.00989. The minimum Gasteiger partial charge on any atom is -0.347 e. The van der Waals surface area contributed by atoms with Crippen LogP contribution in [-0.2, 0) is 14.4 Å². The van der Waals surface area contributed by atoms with E-state index in [-0.39, 0.29) is 18.9 Å². The number of carbonyl (C=O) groups excluding carboxylic acids is 3. The zero-order chi connectivity index (χ0) is 21.1. The number of nitrogens with zero attached hydrogens (tertiary/aromatic N) is 1. The number of amides is 3. The molecule has 10 heteroatoms. The minimum absolute atomic E-state index is 0.0439. The molecule has 6 nitrogen and oxygen atoms in total. The van der Waals surface area contributed by atoms with Crippen LogP contribution in [0.5, 0.6) is 0 Å². The average molecular weight is 426 g/mol. The van der Waals surface area contributed by atoms with Crippen LogP contribution in [0.25, 0.3) is 0 Å². The van der Waals surface area contributed by atoms with Gasteiger partial charge in [-0.2, -0.15) is 0 Å². The van der Waals surface area contributed by atoms with E-state index in [1.807, 2.05) is 5.32 Å². The van der Waals surface area contributed by atoms with Crippen molar-refractivity contribution in [2.45, 2.75) is 6.42 Å². The van der Waals surface area contributed by atoms with Crippen LogP contribution >= 0.6 is 11.6 Å². The Balaban J connectivity index is 1.55. The van der Waals surface area contributed by atoms with Gasteiger partial charge in [0.25, 0.3) is 0 Å². The lowest BCUT2D eigenvalue weighted by Crippen LogP contribution is -2.38. The Kier molecular flexibility index (Phi) is 6.07. The average Bonchev–Trinajstić information content (AvgIpc) is 3.08. The highest BCUT2D eigenvalue weighted by Gasteiger charge is 2.35. The SMILES string of the molecule is O=C(CNC(=O)C1CC(=O)N(c2cccc(Cl)c2)C1)Nc1ccc(F)c(F)c1F. The van der Waals surface area contributed by atoms with Crippen molar-refractivity contribution >= 4 is 40.7 Å². The lowest BCUT2D eigenvalue weighted by atomic mass is 10.1. The van der Waals surface area contributed by atoms with Gasteiger partial charge in [-0.15, -0.1) is 0 Å². The van der Waals surface area contributed by atoms with E-state index >= 15 is 0 Å². The van der Waals surface area contributed by atoms with Crippen molar-refractivity contribution in [1.29, 1.82) is 0 Å². The Morgan fingerprint density at radius 2 is 1.90 bits per heavy atom. The second-order valence-electron chi connectivity index (χ2n) is 6.37. The summed E-state index contributed by atoms with van der Waals surface area (Å²) >= 11 is 5.92. The molecule has 29 heavy (non-hydrogen) atoms. The van der Waals surface area contributed by atoms with E-state index in [9.17, 15) is 27.6 Å². The van der Waals surface area contributed by atoms with Gasteiger partial charge in [-0.05, 0) is 30.3 Å². The molecule has 1 heterocycles. The third kappa shape index (κ3) is 4.68. The van der Waals surface area contributed by atoms with Crippen LogP contribution in [0.4, 0.5) is 24.5 Å². The number of carbonyl (C=O) groups is 3. The van der Waals surface area contributed by atoms with Crippen molar-refractivity contribution in [3.8, 4) is 0 Å². The smallest absolute Gasteiger partial charge is 0.243 e. The molecule has 1 fully saturated rings. The summed E-state index contributed by atoms with van der Waals surface area (Å²) in [6, 6.07) is 8.16. The largest absolute Gasteiger partial charge is 0.347 e. The highest BCUT2D eigenvalue weighted by molar-refractivity contribution is 6.31. The second-order valence-corrected chi connectivity index (χ2v) is 6.81. The Hall–Kier alpha value is -3.07. The zero-order valence-electron chi connectivity index (χ0n) is 14.8. The fourth-order valence-corrected chi connectivity index (χ4v) is 3.09. The maximum atomic E-state index is 13.6. The van der Waals surface area contributed by atoms with E-state index in [1.165, 1.54) is 4.90 Å². The summed E-state index contributed by atoms with van der Waals surface area (Å²) in [5, 5.41) is 4.84. The van der Waals surface area contributed by atoms with Crippen LogP contribution in [0, 0.1) is 23.4 Å². The van der Waals surface area contributed by atoms with Crippen molar-refractivity contribution in [2.24, 2.45) is 5.92 Å². The Morgan fingerprint density at radius 3 is 2.62 bits per heavy atom. The van der Waals surface area contributed by atoms with Crippen molar-refractivity contribution in [3.05, 3.63) is 58.9 Å². The molecule has 3 rings (SSSR count). The fraction of sp³-hybridized carbons (Fsp3) is 0.211. The van der Waals surface area contributed by atoms with E-state index < -0.39 is 47.4 Å². The molecule has 0 aliphatic carbocycles. The van der Waals surface area contributed by atoms with Crippen molar-refractivity contribution < 1.29 is 27.6 Å². The van der Waals surface area contributed by atoms with E-state index in [2.05, 4.69) is 5.32 Å². The molecule has 1 saturated heterocycles. The molecule has 0 bridgehead atoms. The molecular formula is C19H15ClF3N3O3. The number of benzene rings is 2. The number of halogens is 4. The summed E-state index contributed by atoms with van der Waals surface area (Å²) in [6.07, 6.45) is -0.0439. The standard InChI is InChI=1S/C19H15ClF3N3O3/c20-11-2-1-3-12(7-11)26-9-10(6-16(26)28)19(29)24-8-15(27)25-14-5-4-13(21)17(22)18(14)23/h1-5,7,10H,6,8-9H2,(H,24,29)(H,25,27). The normalized spacial score (nSPS) is 16.1. The van der Waals surface area contributed by atoms with Gasteiger partial charge >= 0.3 is 0 Å². The minimum atomic E-state index is -1.71. The molecule has 0 saturated carbocycles. The molecular weight excluding hydrogens is 411 g/mol. The molecule has 1 unspecified atom stereocenters. The molecule has 152 valence electrons.